The van der Waals surface area contributed by atoms with Crippen molar-refractivity contribution in [2.45, 2.75) is 13.3 Å². The van der Waals surface area contributed by atoms with Crippen molar-refractivity contribution in [1.29, 1.82) is 0 Å². The van der Waals surface area contributed by atoms with E-state index in [0.29, 0.717) is 0 Å². The number of methoxy groups -OCH3 is 1. The van der Waals surface area contributed by atoms with Gasteiger partial charge in [0, 0.05) is 0 Å². The number of carbonyl (C=O) groups excluding carboxylic acids is 2. The Balaban J connectivity index is 2.14. The summed E-state index contributed by atoms with van der Waals surface area (Å²) < 4.78 is 18.3. The van der Waals surface area contributed by atoms with Crippen LogP contribution in [0.5, 0.6) is 0 Å². The number of hydrogen-bond acceptors (Lipinski definition) is 3. The van der Waals surface area contributed by atoms with Gasteiger partial charge in [-0.25, -0.2) is 9.18 Å². The molecule has 1 amide bonds. The Morgan fingerprint density at radius 2 is 1.91 bits per heavy atom. The van der Waals surface area contributed by atoms with Crippen LogP contribution in [0.3, 0.4) is 0 Å². The molecule has 22 heavy (non-hydrogen) atoms. The number of benzene rings is 2. The molecule has 0 radical (unpaired) electrons. The predicted molar refractivity (Wildman–Crippen MR) is 81.3 cm³/mol. The Morgan fingerprint density at radius 1 is 1.18 bits per heavy atom. The summed E-state index contributed by atoms with van der Waals surface area (Å²) in [4.78, 5) is 23.5. The van der Waals surface area contributed by atoms with E-state index in [1.807, 2.05) is 31.2 Å². The van der Waals surface area contributed by atoms with E-state index in [0.717, 1.165) is 17.2 Å². The Kier molecular flexibility index (Phi) is 4.88. The van der Waals surface area contributed by atoms with Crippen LogP contribution in [-0.4, -0.2) is 19.0 Å². The standard InChI is InChI=1S/C17H16FNO3/c1-11-5-3-4-6-12(11)10-16(20)19-15-9-13(17(21)22-2)7-8-14(15)18/h3-9H,10H2,1-2H3,(H,19,20). The molecular weight excluding hydrogens is 285 g/mol. The fraction of sp³-hybridized carbons (Fsp3) is 0.176. The van der Waals surface area contributed by atoms with E-state index in [1.54, 1.807) is 0 Å². The van der Waals surface area contributed by atoms with Gasteiger partial charge in [-0.3, -0.25) is 4.79 Å². The fourth-order valence-corrected chi connectivity index (χ4v) is 2.04. The highest BCUT2D eigenvalue weighted by Gasteiger charge is 2.13. The molecule has 2 aromatic rings. The number of nitrogens with one attached hydrogen (secondary N) is 1. The van der Waals surface area contributed by atoms with Gasteiger partial charge in [0.2, 0.25) is 5.91 Å². The van der Waals surface area contributed by atoms with Gasteiger partial charge in [0.15, 0.2) is 0 Å². The second-order valence-corrected chi connectivity index (χ2v) is 4.84. The van der Waals surface area contributed by atoms with Crippen molar-refractivity contribution in [3.63, 3.8) is 0 Å². The van der Waals surface area contributed by atoms with Crippen LogP contribution in [0, 0.1) is 12.7 Å². The molecule has 0 saturated heterocycles. The average Bonchev–Trinajstić information content (AvgIpc) is 2.51. The van der Waals surface area contributed by atoms with Gasteiger partial charge in [-0.05, 0) is 36.2 Å². The van der Waals surface area contributed by atoms with Crippen molar-refractivity contribution < 1.29 is 18.7 Å². The third-order valence-electron chi connectivity index (χ3n) is 3.27. The SMILES string of the molecule is COC(=O)c1ccc(F)c(NC(=O)Cc2ccccc2C)c1. The maximum atomic E-state index is 13.7. The summed E-state index contributed by atoms with van der Waals surface area (Å²) in [5.74, 6) is -1.55. The number of hydrogen-bond donors (Lipinski definition) is 1. The highest BCUT2D eigenvalue weighted by atomic mass is 19.1. The van der Waals surface area contributed by atoms with Gasteiger partial charge in [-0.15, -0.1) is 0 Å². The number of ether oxygens (including phenoxy) is 1. The number of amides is 1. The summed E-state index contributed by atoms with van der Waals surface area (Å²) in [7, 11) is 1.24. The van der Waals surface area contributed by atoms with Crippen LogP contribution in [0.1, 0.15) is 21.5 Å². The van der Waals surface area contributed by atoms with Gasteiger partial charge >= 0.3 is 5.97 Å². The summed E-state index contributed by atoms with van der Waals surface area (Å²) in [5.41, 5.74) is 1.99. The molecule has 0 aliphatic rings. The minimum Gasteiger partial charge on any atom is -0.465 e. The molecule has 0 bridgehead atoms. The van der Waals surface area contributed by atoms with Gasteiger partial charge < -0.3 is 10.1 Å². The van der Waals surface area contributed by atoms with Crippen LogP contribution < -0.4 is 5.32 Å². The number of halogens is 1. The van der Waals surface area contributed by atoms with E-state index in [4.69, 9.17) is 0 Å². The van der Waals surface area contributed by atoms with Gasteiger partial charge in [0.1, 0.15) is 5.82 Å². The van der Waals surface area contributed by atoms with Crippen molar-refractivity contribution in [2.75, 3.05) is 12.4 Å². The molecule has 0 aliphatic heterocycles. The quantitative estimate of drug-likeness (QED) is 0.883. The highest BCUT2D eigenvalue weighted by molar-refractivity contribution is 5.95. The van der Waals surface area contributed by atoms with Crippen molar-refractivity contribution in [2.24, 2.45) is 0 Å². The third-order valence-corrected chi connectivity index (χ3v) is 3.27. The Hall–Kier alpha value is -2.69. The van der Waals surface area contributed by atoms with Crippen LogP contribution in [0.4, 0.5) is 10.1 Å². The number of carbonyl (C=O) groups is 2. The maximum Gasteiger partial charge on any atom is 0.337 e. The molecule has 1 N–H and O–H groups in total. The average molecular weight is 301 g/mol. The molecule has 0 aliphatic carbocycles. The summed E-state index contributed by atoms with van der Waals surface area (Å²) in [6, 6.07) is 11.2. The molecule has 0 unspecified atom stereocenters. The largest absolute Gasteiger partial charge is 0.465 e. The molecule has 0 atom stereocenters. The first-order valence-corrected chi connectivity index (χ1v) is 6.73. The zero-order valence-electron chi connectivity index (χ0n) is 12.4. The van der Waals surface area contributed by atoms with Crippen LogP contribution in [0.25, 0.3) is 0 Å². The molecule has 0 fully saturated rings. The van der Waals surface area contributed by atoms with Crippen molar-refractivity contribution >= 4 is 17.6 Å². The third kappa shape index (κ3) is 3.69. The number of esters is 1. The number of anilines is 1. The smallest absolute Gasteiger partial charge is 0.337 e. The molecule has 114 valence electrons. The van der Waals surface area contributed by atoms with E-state index in [2.05, 4.69) is 10.1 Å². The van der Waals surface area contributed by atoms with E-state index in [-0.39, 0.29) is 23.6 Å². The molecule has 0 spiro atoms. The lowest BCUT2D eigenvalue weighted by molar-refractivity contribution is -0.115. The van der Waals surface area contributed by atoms with E-state index in [1.165, 1.54) is 19.2 Å². The van der Waals surface area contributed by atoms with Gasteiger partial charge in [0.05, 0.1) is 24.8 Å². The Morgan fingerprint density at radius 3 is 2.59 bits per heavy atom. The lowest BCUT2D eigenvalue weighted by Crippen LogP contribution is -2.16. The monoisotopic (exact) mass is 301 g/mol. The van der Waals surface area contributed by atoms with Gasteiger partial charge in [-0.2, -0.15) is 0 Å². The van der Waals surface area contributed by atoms with Crippen molar-refractivity contribution in [3.05, 3.63) is 65.0 Å². The fourth-order valence-electron chi connectivity index (χ4n) is 2.04. The van der Waals surface area contributed by atoms with Crippen LogP contribution in [-0.2, 0) is 16.0 Å². The molecular formula is C17H16FNO3. The molecule has 0 heterocycles. The van der Waals surface area contributed by atoms with Crippen molar-refractivity contribution in [3.8, 4) is 0 Å². The van der Waals surface area contributed by atoms with Crippen LogP contribution in [0.2, 0.25) is 0 Å². The minimum absolute atomic E-state index is 0.0403. The molecule has 4 nitrogen and oxygen atoms in total. The normalized spacial score (nSPS) is 10.1. The van der Waals surface area contributed by atoms with Gasteiger partial charge in [0.25, 0.3) is 0 Å². The zero-order chi connectivity index (χ0) is 16.1. The lowest BCUT2D eigenvalue weighted by Gasteiger charge is -2.09. The molecule has 2 aromatic carbocycles. The molecule has 5 heteroatoms. The van der Waals surface area contributed by atoms with E-state index < -0.39 is 11.8 Å². The first kappa shape index (κ1) is 15.7. The Labute approximate surface area is 127 Å². The summed E-state index contributed by atoms with van der Waals surface area (Å²) >= 11 is 0. The molecule has 2 rings (SSSR count). The lowest BCUT2D eigenvalue weighted by atomic mass is 10.1. The summed E-state index contributed by atoms with van der Waals surface area (Å²) in [6.07, 6.45) is 0.133. The molecule has 0 saturated carbocycles. The van der Waals surface area contributed by atoms with E-state index >= 15 is 0 Å². The van der Waals surface area contributed by atoms with Gasteiger partial charge in [-0.1, -0.05) is 24.3 Å². The maximum absolute atomic E-state index is 13.7. The molecule has 0 aromatic heterocycles. The number of rotatable bonds is 4. The van der Waals surface area contributed by atoms with E-state index in [9.17, 15) is 14.0 Å². The topological polar surface area (TPSA) is 55.4 Å². The first-order valence-electron chi connectivity index (χ1n) is 6.73. The van der Waals surface area contributed by atoms with Crippen LogP contribution in [0.15, 0.2) is 42.5 Å². The number of aryl methyl sites for hydroxylation is 1. The van der Waals surface area contributed by atoms with Crippen LogP contribution >= 0.6 is 0 Å². The Bertz CT molecular complexity index is 713. The minimum atomic E-state index is -0.606. The zero-order valence-corrected chi connectivity index (χ0v) is 12.4. The highest BCUT2D eigenvalue weighted by Crippen LogP contribution is 2.18. The second kappa shape index (κ2) is 6.85. The second-order valence-electron chi connectivity index (χ2n) is 4.84. The summed E-state index contributed by atoms with van der Waals surface area (Å²) in [6.45, 7) is 1.90. The first-order chi connectivity index (χ1) is 10.5. The predicted octanol–water partition coefficient (Wildman–Crippen LogP) is 3.10. The summed E-state index contributed by atoms with van der Waals surface area (Å²) in [5, 5.41) is 2.48. The van der Waals surface area contributed by atoms with Crippen molar-refractivity contribution in [1.82, 2.24) is 0 Å².